The number of hydrogen-bond acceptors (Lipinski definition) is 5. The van der Waals surface area contributed by atoms with Crippen molar-refractivity contribution in [2.75, 3.05) is 37.6 Å². The number of rotatable bonds is 6. The van der Waals surface area contributed by atoms with E-state index in [4.69, 9.17) is 23.2 Å². The van der Waals surface area contributed by atoms with Gasteiger partial charge in [-0.3, -0.25) is 19.8 Å². The summed E-state index contributed by atoms with van der Waals surface area (Å²) in [5.41, 5.74) is 0.292. The van der Waals surface area contributed by atoms with Crippen molar-refractivity contribution in [3.05, 3.63) is 32.3 Å². The fraction of sp³-hybridized carbons (Fsp3) is 0.562. The Labute approximate surface area is 157 Å². The second-order valence-corrected chi connectivity index (χ2v) is 7.00. The van der Waals surface area contributed by atoms with Crippen molar-refractivity contribution in [3.63, 3.8) is 0 Å². The Morgan fingerprint density at radius 1 is 1.32 bits per heavy atom. The molecule has 2 rings (SSSR count). The van der Waals surface area contributed by atoms with Gasteiger partial charge in [0.15, 0.2) is 0 Å². The zero-order valence-electron chi connectivity index (χ0n) is 14.3. The number of halogens is 2. The highest BCUT2D eigenvalue weighted by atomic mass is 35.5. The number of amides is 1. The van der Waals surface area contributed by atoms with Crippen LogP contribution < -0.4 is 10.2 Å². The topological polar surface area (TPSA) is 78.7 Å². The molecular formula is C16H22Cl2N4O3. The molecule has 1 aliphatic heterocycles. The second kappa shape index (κ2) is 8.69. The van der Waals surface area contributed by atoms with E-state index >= 15 is 0 Å². The van der Waals surface area contributed by atoms with Gasteiger partial charge in [-0.15, -0.1) is 0 Å². The predicted molar refractivity (Wildman–Crippen MR) is 99.7 cm³/mol. The van der Waals surface area contributed by atoms with E-state index in [9.17, 15) is 14.9 Å². The normalized spacial score (nSPS) is 16.6. The van der Waals surface area contributed by atoms with Gasteiger partial charge >= 0.3 is 0 Å². The molecule has 7 nitrogen and oxygen atoms in total. The van der Waals surface area contributed by atoms with Crippen LogP contribution in [0.3, 0.4) is 0 Å². The summed E-state index contributed by atoms with van der Waals surface area (Å²) in [7, 11) is 0. The summed E-state index contributed by atoms with van der Waals surface area (Å²) in [5, 5.41) is 14.8. The van der Waals surface area contributed by atoms with Gasteiger partial charge in [-0.05, 0) is 19.4 Å². The third kappa shape index (κ3) is 5.20. The standard InChI is InChI=1S/C16H22Cl2N4O3/c1-3-11(2)19-15(23)10-20-4-6-21(7-5-20)16-13(18)8-12(17)9-14(16)22(24)25/h8-9,11H,3-7,10H2,1-2H3,(H,19,23). The van der Waals surface area contributed by atoms with E-state index in [0.717, 1.165) is 6.42 Å². The van der Waals surface area contributed by atoms with Crippen molar-refractivity contribution in [1.82, 2.24) is 10.2 Å². The molecule has 1 N–H and O–H groups in total. The molecule has 1 saturated heterocycles. The summed E-state index contributed by atoms with van der Waals surface area (Å²) in [4.78, 5) is 26.7. The molecule has 1 atom stereocenters. The molecule has 1 aliphatic rings. The van der Waals surface area contributed by atoms with Crippen LogP contribution in [0, 0.1) is 10.1 Å². The van der Waals surface area contributed by atoms with Crippen molar-refractivity contribution in [2.24, 2.45) is 0 Å². The number of anilines is 1. The number of piperazine rings is 1. The Morgan fingerprint density at radius 3 is 2.52 bits per heavy atom. The number of nitro groups is 1. The summed E-state index contributed by atoms with van der Waals surface area (Å²) >= 11 is 12.1. The highest BCUT2D eigenvalue weighted by molar-refractivity contribution is 6.37. The van der Waals surface area contributed by atoms with Crippen molar-refractivity contribution in [1.29, 1.82) is 0 Å². The predicted octanol–water partition coefficient (Wildman–Crippen LogP) is 2.94. The van der Waals surface area contributed by atoms with E-state index in [1.807, 2.05) is 23.6 Å². The van der Waals surface area contributed by atoms with Gasteiger partial charge in [0.2, 0.25) is 5.91 Å². The molecule has 1 aromatic carbocycles. The molecule has 0 bridgehead atoms. The maximum atomic E-state index is 12.0. The average Bonchev–Trinajstić information content (AvgIpc) is 2.55. The largest absolute Gasteiger partial charge is 0.362 e. The van der Waals surface area contributed by atoms with E-state index < -0.39 is 4.92 Å². The zero-order chi connectivity index (χ0) is 18.6. The fourth-order valence-corrected chi connectivity index (χ4v) is 3.36. The van der Waals surface area contributed by atoms with Crippen molar-refractivity contribution in [3.8, 4) is 0 Å². The first kappa shape index (κ1) is 19.8. The Balaban J connectivity index is 2.01. The van der Waals surface area contributed by atoms with Gasteiger partial charge in [-0.1, -0.05) is 30.1 Å². The molecule has 0 radical (unpaired) electrons. The Kier molecular flexibility index (Phi) is 6.87. The van der Waals surface area contributed by atoms with E-state index in [2.05, 4.69) is 5.32 Å². The Morgan fingerprint density at radius 2 is 1.96 bits per heavy atom. The van der Waals surface area contributed by atoms with E-state index in [0.29, 0.717) is 38.4 Å². The van der Waals surface area contributed by atoms with Crippen molar-refractivity contribution < 1.29 is 9.72 Å². The molecule has 0 saturated carbocycles. The van der Waals surface area contributed by atoms with Crippen LogP contribution in [-0.2, 0) is 4.79 Å². The third-order valence-electron chi connectivity index (χ3n) is 4.28. The number of carbonyl (C=O) groups excluding carboxylic acids is 1. The summed E-state index contributed by atoms with van der Waals surface area (Å²) in [5.74, 6) is -0.00157. The molecule has 9 heteroatoms. The van der Waals surface area contributed by atoms with Gasteiger partial charge < -0.3 is 10.2 Å². The molecule has 25 heavy (non-hydrogen) atoms. The van der Waals surface area contributed by atoms with Crippen LogP contribution in [0.1, 0.15) is 20.3 Å². The first-order valence-corrected chi connectivity index (χ1v) is 8.97. The van der Waals surface area contributed by atoms with Gasteiger partial charge in [0.25, 0.3) is 5.69 Å². The number of nitro benzene ring substituents is 1. The van der Waals surface area contributed by atoms with Crippen LogP contribution in [0.4, 0.5) is 11.4 Å². The first-order chi connectivity index (χ1) is 11.8. The summed E-state index contributed by atoms with van der Waals surface area (Å²) in [6, 6.07) is 2.98. The van der Waals surface area contributed by atoms with Crippen molar-refractivity contribution in [2.45, 2.75) is 26.3 Å². The van der Waals surface area contributed by atoms with Crippen LogP contribution >= 0.6 is 23.2 Å². The average molecular weight is 389 g/mol. The minimum Gasteiger partial charge on any atom is -0.362 e. The summed E-state index contributed by atoms with van der Waals surface area (Å²) in [6.07, 6.45) is 0.887. The van der Waals surface area contributed by atoms with Gasteiger partial charge in [-0.2, -0.15) is 0 Å². The fourth-order valence-electron chi connectivity index (χ4n) is 2.76. The van der Waals surface area contributed by atoms with Crippen LogP contribution in [0.25, 0.3) is 0 Å². The molecule has 0 aliphatic carbocycles. The molecule has 0 aromatic heterocycles. The Bertz CT molecular complexity index is 649. The maximum absolute atomic E-state index is 12.0. The molecule has 1 heterocycles. The van der Waals surface area contributed by atoms with E-state index in [1.54, 1.807) is 0 Å². The second-order valence-electron chi connectivity index (χ2n) is 6.15. The van der Waals surface area contributed by atoms with Gasteiger partial charge in [0, 0.05) is 43.3 Å². The molecule has 138 valence electrons. The monoisotopic (exact) mass is 388 g/mol. The van der Waals surface area contributed by atoms with E-state index in [1.165, 1.54) is 12.1 Å². The highest BCUT2D eigenvalue weighted by Gasteiger charge is 2.27. The quantitative estimate of drug-likeness (QED) is 0.598. The van der Waals surface area contributed by atoms with Crippen LogP contribution in [0.2, 0.25) is 10.0 Å². The number of nitrogens with zero attached hydrogens (tertiary/aromatic N) is 3. The highest BCUT2D eigenvalue weighted by Crippen LogP contribution is 2.38. The Hall–Kier alpha value is -1.57. The lowest BCUT2D eigenvalue weighted by molar-refractivity contribution is -0.384. The van der Waals surface area contributed by atoms with Gasteiger partial charge in [-0.25, -0.2) is 0 Å². The van der Waals surface area contributed by atoms with Crippen molar-refractivity contribution >= 4 is 40.5 Å². The molecular weight excluding hydrogens is 367 g/mol. The molecule has 1 fully saturated rings. The number of carbonyl (C=O) groups is 1. The lowest BCUT2D eigenvalue weighted by Gasteiger charge is -2.35. The third-order valence-corrected chi connectivity index (χ3v) is 4.79. The SMILES string of the molecule is CCC(C)NC(=O)CN1CCN(c2c(Cl)cc(Cl)cc2[N+](=O)[O-])CC1. The lowest BCUT2D eigenvalue weighted by atomic mass is 10.2. The molecule has 1 unspecified atom stereocenters. The lowest BCUT2D eigenvalue weighted by Crippen LogP contribution is -2.50. The minimum absolute atomic E-state index is 0.00157. The van der Waals surface area contributed by atoms with Crippen LogP contribution in [0.5, 0.6) is 0 Å². The minimum atomic E-state index is -0.473. The number of benzene rings is 1. The van der Waals surface area contributed by atoms with Crippen LogP contribution in [-0.4, -0.2) is 54.5 Å². The zero-order valence-corrected chi connectivity index (χ0v) is 15.8. The van der Waals surface area contributed by atoms with E-state index in [-0.39, 0.29) is 27.7 Å². The summed E-state index contributed by atoms with van der Waals surface area (Å²) in [6.45, 7) is 6.68. The maximum Gasteiger partial charge on any atom is 0.295 e. The number of hydrogen-bond donors (Lipinski definition) is 1. The van der Waals surface area contributed by atoms with Gasteiger partial charge in [0.05, 0.1) is 16.5 Å². The number of nitrogens with one attached hydrogen (secondary N) is 1. The first-order valence-electron chi connectivity index (χ1n) is 8.22. The molecule has 1 aromatic rings. The van der Waals surface area contributed by atoms with Gasteiger partial charge in [0.1, 0.15) is 5.69 Å². The summed E-state index contributed by atoms with van der Waals surface area (Å²) < 4.78 is 0. The molecule has 0 spiro atoms. The smallest absolute Gasteiger partial charge is 0.295 e. The molecule has 1 amide bonds. The van der Waals surface area contributed by atoms with Crippen LogP contribution in [0.15, 0.2) is 12.1 Å².